The van der Waals surface area contributed by atoms with Gasteiger partial charge >= 0.3 is 0 Å². The number of likely N-dealkylation sites (tertiary alicyclic amines) is 1. The second-order valence-electron chi connectivity index (χ2n) is 9.92. The molecule has 38 heavy (non-hydrogen) atoms. The molecule has 0 radical (unpaired) electrons. The summed E-state index contributed by atoms with van der Waals surface area (Å²) in [6, 6.07) is 16.6. The van der Waals surface area contributed by atoms with E-state index in [4.69, 9.17) is 0 Å². The van der Waals surface area contributed by atoms with Crippen LogP contribution in [0.2, 0.25) is 0 Å². The molecule has 7 nitrogen and oxygen atoms in total. The molecule has 1 aliphatic heterocycles. The molecule has 1 saturated heterocycles. The molecule has 6 aromatic rings. The second-order valence-corrected chi connectivity index (χ2v) is 11.0. The molecule has 0 aliphatic carbocycles. The Kier molecular flexibility index (Phi) is 5.64. The van der Waals surface area contributed by atoms with Crippen molar-refractivity contribution in [3.8, 4) is 33.1 Å². The van der Waals surface area contributed by atoms with Gasteiger partial charge in [-0.25, -0.2) is 0 Å². The number of rotatable bonds is 6. The fraction of sp³-hybridized carbons (Fsp3) is 0.200. The largest absolute Gasteiger partial charge is 0.353 e. The van der Waals surface area contributed by atoms with E-state index in [0.29, 0.717) is 0 Å². The van der Waals surface area contributed by atoms with Gasteiger partial charge in [0.1, 0.15) is 5.69 Å². The smallest absolute Gasteiger partial charge is 0.169 e. The number of aromatic nitrogens is 5. The van der Waals surface area contributed by atoms with E-state index in [0.717, 1.165) is 66.3 Å². The van der Waals surface area contributed by atoms with Crippen LogP contribution >= 0.6 is 11.3 Å². The summed E-state index contributed by atoms with van der Waals surface area (Å²) in [4.78, 5) is 28.8. The average molecular weight is 519 g/mol. The average Bonchev–Trinajstić information content (AvgIpc) is 3.74. The Bertz CT molecular complexity index is 1810. The van der Waals surface area contributed by atoms with Gasteiger partial charge in [0.05, 0.1) is 26.7 Å². The third-order valence-corrected chi connectivity index (χ3v) is 8.48. The number of ketones is 1. The van der Waals surface area contributed by atoms with Crippen molar-refractivity contribution in [2.45, 2.75) is 26.3 Å². The number of aromatic amines is 2. The van der Waals surface area contributed by atoms with Crippen molar-refractivity contribution >= 4 is 38.9 Å². The number of nitrogens with one attached hydrogen (secondary N) is 2. The number of hydrogen-bond donors (Lipinski definition) is 2. The van der Waals surface area contributed by atoms with Crippen LogP contribution in [0.5, 0.6) is 0 Å². The predicted molar refractivity (Wildman–Crippen MR) is 152 cm³/mol. The molecule has 1 fully saturated rings. The van der Waals surface area contributed by atoms with E-state index in [1.807, 2.05) is 30.6 Å². The Labute approximate surface area is 223 Å². The molecule has 1 aliphatic rings. The second kappa shape index (κ2) is 9.31. The maximum atomic E-state index is 11.8. The van der Waals surface area contributed by atoms with Gasteiger partial charge in [0.25, 0.3) is 0 Å². The van der Waals surface area contributed by atoms with Gasteiger partial charge in [0.2, 0.25) is 0 Å². The zero-order valence-corrected chi connectivity index (χ0v) is 21.8. The molecule has 1 aromatic carbocycles. The highest BCUT2D eigenvalue weighted by Gasteiger charge is 2.17. The Morgan fingerprint density at radius 1 is 0.947 bits per heavy atom. The van der Waals surface area contributed by atoms with E-state index in [9.17, 15) is 4.79 Å². The van der Waals surface area contributed by atoms with Gasteiger partial charge < -0.3 is 4.98 Å². The Balaban J connectivity index is 1.27. The third kappa shape index (κ3) is 4.12. The van der Waals surface area contributed by atoms with Crippen LogP contribution < -0.4 is 0 Å². The molecule has 0 atom stereocenters. The van der Waals surface area contributed by atoms with Crippen LogP contribution in [0.15, 0.2) is 67.1 Å². The number of H-pyrrole nitrogens is 2. The highest BCUT2D eigenvalue weighted by molar-refractivity contribution is 7.17. The molecule has 0 bridgehead atoms. The van der Waals surface area contributed by atoms with Crippen molar-refractivity contribution in [3.63, 3.8) is 0 Å². The quantitative estimate of drug-likeness (QED) is 0.240. The van der Waals surface area contributed by atoms with Crippen LogP contribution in [0, 0.1) is 0 Å². The Morgan fingerprint density at radius 3 is 2.66 bits per heavy atom. The zero-order valence-electron chi connectivity index (χ0n) is 21.0. The van der Waals surface area contributed by atoms with Crippen LogP contribution in [0.1, 0.15) is 35.0 Å². The van der Waals surface area contributed by atoms with Crippen LogP contribution in [0.25, 0.3) is 54.9 Å². The van der Waals surface area contributed by atoms with Crippen molar-refractivity contribution in [1.82, 2.24) is 30.0 Å². The normalized spacial score (nSPS) is 14.1. The minimum Gasteiger partial charge on any atom is -0.353 e. The van der Waals surface area contributed by atoms with Crippen molar-refractivity contribution in [2.75, 3.05) is 13.1 Å². The summed E-state index contributed by atoms with van der Waals surface area (Å²) < 4.78 is 0. The molecule has 188 valence electrons. The molecule has 0 spiro atoms. The highest BCUT2D eigenvalue weighted by Crippen LogP contribution is 2.36. The number of pyridine rings is 2. The molecular formula is C30H26N6OS. The van der Waals surface area contributed by atoms with E-state index >= 15 is 0 Å². The van der Waals surface area contributed by atoms with Crippen LogP contribution in [-0.2, 0) is 6.54 Å². The van der Waals surface area contributed by atoms with Gasteiger partial charge in [-0.05, 0) is 86.4 Å². The lowest BCUT2D eigenvalue weighted by Gasteiger charge is -2.14. The predicted octanol–water partition coefficient (Wildman–Crippen LogP) is 6.70. The molecule has 8 heteroatoms. The first kappa shape index (κ1) is 23.0. The van der Waals surface area contributed by atoms with Crippen molar-refractivity contribution in [3.05, 3.63) is 77.6 Å². The molecule has 0 unspecified atom stereocenters. The third-order valence-electron chi connectivity index (χ3n) is 7.29. The summed E-state index contributed by atoms with van der Waals surface area (Å²) in [6.07, 6.45) is 8.28. The molecule has 6 heterocycles. The van der Waals surface area contributed by atoms with Crippen molar-refractivity contribution < 1.29 is 4.79 Å². The molecule has 0 amide bonds. The molecule has 2 N–H and O–H groups in total. The maximum absolute atomic E-state index is 11.8. The summed E-state index contributed by atoms with van der Waals surface area (Å²) in [6.45, 7) is 4.87. The van der Waals surface area contributed by atoms with Gasteiger partial charge in [-0.3, -0.25) is 24.8 Å². The lowest BCUT2D eigenvalue weighted by Crippen LogP contribution is -2.18. The van der Waals surface area contributed by atoms with Crippen molar-refractivity contribution in [2.24, 2.45) is 0 Å². The van der Waals surface area contributed by atoms with Gasteiger partial charge in [-0.15, -0.1) is 11.3 Å². The van der Waals surface area contributed by atoms with Gasteiger partial charge in [0, 0.05) is 47.0 Å². The monoisotopic (exact) mass is 518 g/mol. The number of thiophene rings is 1. The standard InChI is InChI=1S/C30H26N6OS/c1-18(37)27-6-7-28(38-27)30-23-14-26(33-24(23)8-9-32-30)29-22-13-20(4-5-25(22)34-35-29)21-12-19(15-31-16-21)17-36-10-2-3-11-36/h4-9,12-16,33H,2-3,10-11,17H2,1H3,(H,34,35). The topological polar surface area (TPSA) is 90.6 Å². The summed E-state index contributed by atoms with van der Waals surface area (Å²) >= 11 is 1.47. The van der Waals surface area contributed by atoms with Gasteiger partial charge in [-0.2, -0.15) is 5.10 Å². The first-order valence-electron chi connectivity index (χ1n) is 12.9. The fourth-order valence-corrected chi connectivity index (χ4v) is 6.27. The number of Topliss-reactive ketones (excluding diaryl/α,β-unsaturated/α-hetero) is 1. The summed E-state index contributed by atoms with van der Waals surface area (Å²) in [5, 5.41) is 9.91. The fourth-order valence-electron chi connectivity index (χ4n) is 5.36. The number of benzene rings is 1. The number of nitrogens with zero attached hydrogens (tertiary/aromatic N) is 4. The Hall–Kier alpha value is -4.14. The van der Waals surface area contributed by atoms with Crippen molar-refractivity contribution in [1.29, 1.82) is 0 Å². The van der Waals surface area contributed by atoms with Crippen LogP contribution in [0.4, 0.5) is 0 Å². The SMILES string of the molecule is CC(=O)c1ccc(-c2nccc3[nH]c(-c4n[nH]c5ccc(-c6cncc(CN7CCCC7)c6)cc45)cc23)s1. The number of hydrogen-bond acceptors (Lipinski definition) is 6. The lowest BCUT2D eigenvalue weighted by atomic mass is 10.0. The molecule has 5 aromatic heterocycles. The number of fused-ring (bicyclic) bond motifs is 2. The van der Waals surface area contributed by atoms with Gasteiger partial charge in [0.15, 0.2) is 5.78 Å². The molecule has 7 rings (SSSR count). The minimum atomic E-state index is 0.0683. The molecular weight excluding hydrogens is 492 g/mol. The first-order chi connectivity index (χ1) is 18.6. The van der Waals surface area contributed by atoms with E-state index < -0.39 is 0 Å². The minimum absolute atomic E-state index is 0.0683. The van der Waals surface area contributed by atoms with Gasteiger partial charge in [-0.1, -0.05) is 6.07 Å². The Morgan fingerprint density at radius 2 is 1.82 bits per heavy atom. The summed E-state index contributed by atoms with van der Waals surface area (Å²) in [5.41, 5.74) is 8.07. The summed E-state index contributed by atoms with van der Waals surface area (Å²) in [7, 11) is 0. The number of carbonyl (C=O) groups excluding carboxylic acids is 1. The van der Waals surface area contributed by atoms with E-state index in [2.05, 4.69) is 60.4 Å². The zero-order chi connectivity index (χ0) is 25.6. The van der Waals surface area contributed by atoms with E-state index in [-0.39, 0.29) is 5.78 Å². The number of carbonyl (C=O) groups is 1. The van der Waals surface area contributed by atoms with Crippen LogP contribution in [-0.4, -0.2) is 48.9 Å². The molecule has 0 saturated carbocycles. The summed E-state index contributed by atoms with van der Waals surface area (Å²) in [5.74, 6) is 0.0683. The van der Waals surface area contributed by atoms with E-state index in [1.54, 1.807) is 13.1 Å². The van der Waals surface area contributed by atoms with E-state index in [1.165, 1.54) is 42.8 Å². The lowest BCUT2D eigenvalue weighted by molar-refractivity contribution is 0.102. The first-order valence-corrected chi connectivity index (χ1v) is 13.7. The highest BCUT2D eigenvalue weighted by atomic mass is 32.1. The van der Waals surface area contributed by atoms with Crippen LogP contribution in [0.3, 0.4) is 0 Å². The maximum Gasteiger partial charge on any atom is 0.169 e.